The number of pyridine rings is 1. The standard InChI is InChI=1S/C14H16N2S/c1-11(15-2)13-5-3-4-6-14(13)17-12-7-9-16-10-8-12/h3-11,15H,1-2H3. The molecule has 1 N–H and O–H groups in total. The maximum atomic E-state index is 4.04. The van der Waals surface area contributed by atoms with E-state index in [1.54, 1.807) is 11.8 Å². The van der Waals surface area contributed by atoms with Crippen LogP contribution in [0.5, 0.6) is 0 Å². The zero-order valence-corrected chi connectivity index (χ0v) is 10.9. The Labute approximate surface area is 106 Å². The first-order chi connectivity index (χ1) is 8.31. The first-order valence-electron chi connectivity index (χ1n) is 5.65. The molecular formula is C14H16N2S. The first kappa shape index (κ1) is 12.1. The molecule has 0 aliphatic rings. The molecule has 1 heterocycles. The van der Waals surface area contributed by atoms with Crippen LogP contribution in [0.2, 0.25) is 0 Å². The molecule has 1 aromatic heterocycles. The third-order valence-electron chi connectivity index (χ3n) is 2.70. The highest BCUT2D eigenvalue weighted by Gasteiger charge is 2.08. The normalized spacial score (nSPS) is 12.4. The van der Waals surface area contributed by atoms with E-state index in [-0.39, 0.29) is 0 Å². The second-order valence-electron chi connectivity index (χ2n) is 3.83. The maximum Gasteiger partial charge on any atom is 0.0300 e. The van der Waals surface area contributed by atoms with Crippen LogP contribution in [0.3, 0.4) is 0 Å². The average molecular weight is 244 g/mol. The summed E-state index contributed by atoms with van der Waals surface area (Å²) in [4.78, 5) is 6.55. The van der Waals surface area contributed by atoms with Crippen LogP contribution in [0.25, 0.3) is 0 Å². The topological polar surface area (TPSA) is 24.9 Å². The van der Waals surface area contributed by atoms with Crippen molar-refractivity contribution in [3.63, 3.8) is 0 Å². The van der Waals surface area contributed by atoms with Crippen LogP contribution in [-0.2, 0) is 0 Å². The fourth-order valence-corrected chi connectivity index (χ4v) is 2.64. The molecular weight excluding hydrogens is 228 g/mol. The summed E-state index contributed by atoms with van der Waals surface area (Å²) < 4.78 is 0. The Balaban J connectivity index is 2.27. The molecule has 0 saturated heterocycles. The SMILES string of the molecule is CNC(C)c1ccccc1Sc1ccncc1. The van der Waals surface area contributed by atoms with Crippen molar-refractivity contribution in [1.29, 1.82) is 0 Å². The fraction of sp³-hybridized carbons (Fsp3) is 0.214. The lowest BCUT2D eigenvalue weighted by Crippen LogP contribution is -2.12. The van der Waals surface area contributed by atoms with E-state index in [2.05, 4.69) is 41.5 Å². The van der Waals surface area contributed by atoms with Gasteiger partial charge in [0, 0.05) is 28.2 Å². The molecule has 17 heavy (non-hydrogen) atoms. The molecule has 0 aliphatic carbocycles. The minimum atomic E-state index is 0.362. The lowest BCUT2D eigenvalue weighted by molar-refractivity contribution is 0.641. The molecule has 2 nitrogen and oxygen atoms in total. The van der Waals surface area contributed by atoms with Crippen LogP contribution in [0.15, 0.2) is 58.6 Å². The highest BCUT2D eigenvalue weighted by Crippen LogP contribution is 2.32. The van der Waals surface area contributed by atoms with E-state index in [9.17, 15) is 0 Å². The molecule has 0 aliphatic heterocycles. The van der Waals surface area contributed by atoms with Gasteiger partial charge in [0.25, 0.3) is 0 Å². The molecule has 1 unspecified atom stereocenters. The number of hydrogen-bond acceptors (Lipinski definition) is 3. The minimum Gasteiger partial charge on any atom is -0.313 e. The lowest BCUT2D eigenvalue weighted by Gasteiger charge is -2.15. The predicted molar refractivity (Wildman–Crippen MR) is 72.3 cm³/mol. The van der Waals surface area contributed by atoms with Gasteiger partial charge in [0.1, 0.15) is 0 Å². The van der Waals surface area contributed by atoms with Gasteiger partial charge in [0.2, 0.25) is 0 Å². The Kier molecular flexibility index (Phi) is 4.18. The van der Waals surface area contributed by atoms with Crippen molar-refractivity contribution in [1.82, 2.24) is 10.3 Å². The van der Waals surface area contributed by atoms with Crippen molar-refractivity contribution in [2.45, 2.75) is 22.8 Å². The Bertz CT molecular complexity index is 471. The Morgan fingerprint density at radius 1 is 1.12 bits per heavy atom. The van der Waals surface area contributed by atoms with Gasteiger partial charge in [-0.15, -0.1) is 0 Å². The number of nitrogens with one attached hydrogen (secondary N) is 1. The molecule has 3 heteroatoms. The largest absolute Gasteiger partial charge is 0.313 e. The van der Waals surface area contributed by atoms with Crippen molar-refractivity contribution in [3.05, 3.63) is 54.4 Å². The Morgan fingerprint density at radius 3 is 2.53 bits per heavy atom. The van der Waals surface area contributed by atoms with E-state index in [0.29, 0.717) is 6.04 Å². The molecule has 0 fully saturated rings. The second-order valence-corrected chi connectivity index (χ2v) is 4.95. The third kappa shape index (κ3) is 3.08. The second kappa shape index (κ2) is 5.84. The van der Waals surface area contributed by atoms with Crippen LogP contribution < -0.4 is 5.32 Å². The number of hydrogen-bond donors (Lipinski definition) is 1. The molecule has 2 aromatic rings. The van der Waals surface area contributed by atoms with E-state index >= 15 is 0 Å². The molecule has 0 radical (unpaired) electrons. The van der Waals surface area contributed by atoms with Gasteiger partial charge in [-0.25, -0.2) is 0 Å². The lowest BCUT2D eigenvalue weighted by atomic mass is 10.1. The number of benzene rings is 1. The van der Waals surface area contributed by atoms with E-state index in [1.165, 1.54) is 15.4 Å². The smallest absolute Gasteiger partial charge is 0.0300 e. The van der Waals surface area contributed by atoms with Crippen molar-refractivity contribution in [2.24, 2.45) is 0 Å². The van der Waals surface area contributed by atoms with Crippen LogP contribution in [0.4, 0.5) is 0 Å². The highest BCUT2D eigenvalue weighted by atomic mass is 32.2. The summed E-state index contributed by atoms with van der Waals surface area (Å²) >= 11 is 1.78. The Hall–Kier alpha value is -1.32. The average Bonchev–Trinajstić information content (AvgIpc) is 2.40. The summed E-state index contributed by atoms with van der Waals surface area (Å²) in [5.74, 6) is 0. The van der Waals surface area contributed by atoms with Crippen molar-refractivity contribution < 1.29 is 0 Å². The van der Waals surface area contributed by atoms with E-state index in [1.807, 2.05) is 31.6 Å². The van der Waals surface area contributed by atoms with Gasteiger partial charge >= 0.3 is 0 Å². The van der Waals surface area contributed by atoms with Crippen molar-refractivity contribution in [2.75, 3.05) is 7.05 Å². The molecule has 1 aromatic carbocycles. The van der Waals surface area contributed by atoms with Gasteiger partial charge < -0.3 is 5.32 Å². The maximum absolute atomic E-state index is 4.04. The van der Waals surface area contributed by atoms with Gasteiger partial charge in [0.15, 0.2) is 0 Å². The van der Waals surface area contributed by atoms with Gasteiger partial charge in [-0.1, -0.05) is 30.0 Å². The minimum absolute atomic E-state index is 0.362. The van der Waals surface area contributed by atoms with Crippen LogP contribution in [-0.4, -0.2) is 12.0 Å². The third-order valence-corrected chi connectivity index (χ3v) is 3.80. The number of rotatable bonds is 4. The quantitative estimate of drug-likeness (QED) is 0.891. The zero-order chi connectivity index (χ0) is 12.1. The van der Waals surface area contributed by atoms with Gasteiger partial charge in [-0.05, 0) is 37.7 Å². The van der Waals surface area contributed by atoms with Crippen molar-refractivity contribution >= 4 is 11.8 Å². The van der Waals surface area contributed by atoms with Gasteiger partial charge in [-0.3, -0.25) is 4.98 Å². The molecule has 88 valence electrons. The summed E-state index contributed by atoms with van der Waals surface area (Å²) in [5, 5.41) is 3.28. The fourth-order valence-electron chi connectivity index (χ4n) is 1.62. The molecule has 2 rings (SSSR count). The van der Waals surface area contributed by atoms with E-state index in [0.717, 1.165) is 0 Å². The van der Waals surface area contributed by atoms with E-state index < -0.39 is 0 Å². The summed E-state index contributed by atoms with van der Waals surface area (Å²) in [7, 11) is 1.98. The van der Waals surface area contributed by atoms with Crippen molar-refractivity contribution in [3.8, 4) is 0 Å². The highest BCUT2D eigenvalue weighted by molar-refractivity contribution is 7.99. The molecule has 0 spiro atoms. The Morgan fingerprint density at radius 2 is 1.82 bits per heavy atom. The molecule has 1 atom stereocenters. The first-order valence-corrected chi connectivity index (χ1v) is 6.47. The summed E-state index contributed by atoms with van der Waals surface area (Å²) in [5.41, 5.74) is 1.33. The summed E-state index contributed by atoms with van der Waals surface area (Å²) in [6.45, 7) is 2.17. The molecule has 0 amide bonds. The zero-order valence-electron chi connectivity index (χ0n) is 10.1. The number of aromatic nitrogens is 1. The molecule has 0 bridgehead atoms. The number of nitrogens with zero attached hydrogens (tertiary/aromatic N) is 1. The summed E-state index contributed by atoms with van der Waals surface area (Å²) in [6.07, 6.45) is 3.65. The van der Waals surface area contributed by atoms with Gasteiger partial charge in [-0.2, -0.15) is 0 Å². The van der Waals surface area contributed by atoms with Crippen LogP contribution in [0, 0.1) is 0 Å². The van der Waals surface area contributed by atoms with Crippen LogP contribution in [0.1, 0.15) is 18.5 Å². The van der Waals surface area contributed by atoms with E-state index in [4.69, 9.17) is 0 Å². The monoisotopic (exact) mass is 244 g/mol. The predicted octanol–water partition coefficient (Wildman–Crippen LogP) is 3.51. The molecule has 0 saturated carbocycles. The van der Waals surface area contributed by atoms with Crippen LogP contribution >= 0.6 is 11.8 Å². The summed E-state index contributed by atoms with van der Waals surface area (Å²) in [6, 6.07) is 12.9. The van der Waals surface area contributed by atoms with Gasteiger partial charge in [0.05, 0.1) is 0 Å².